The molecule has 0 radical (unpaired) electrons. The lowest BCUT2D eigenvalue weighted by Gasteiger charge is -2.07. The fourth-order valence-corrected chi connectivity index (χ4v) is 3.63. The summed E-state index contributed by atoms with van der Waals surface area (Å²) in [5, 5.41) is 3.05. The molecule has 0 aliphatic rings. The lowest BCUT2D eigenvalue weighted by molar-refractivity contribution is 1.41. The molecule has 0 aliphatic heterocycles. The van der Waals surface area contributed by atoms with Crippen LogP contribution in [0.1, 0.15) is 0 Å². The van der Waals surface area contributed by atoms with Crippen molar-refractivity contribution >= 4 is 27.2 Å². The Hall–Kier alpha value is -2.65. The molecule has 1 heterocycles. The monoisotopic (exact) mass is 302 g/mol. The summed E-state index contributed by atoms with van der Waals surface area (Å²) in [6, 6.07) is 25.0. The van der Waals surface area contributed by atoms with Crippen LogP contribution in [0.3, 0.4) is 0 Å². The summed E-state index contributed by atoms with van der Waals surface area (Å²) in [5.74, 6) is 0. The number of nitrogens with zero attached hydrogens (tertiary/aromatic N) is 1. The van der Waals surface area contributed by atoms with Crippen LogP contribution < -0.4 is 5.73 Å². The van der Waals surface area contributed by atoms with Gasteiger partial charge in [-0.15, -0.1) is 0 Å². The van der Waals surface area contributed by atoms with Crippen LogP contribution in [0.2, 0.25) is 0 Å². The highest BCUT2D eigenvalue weighted by Crippen LogP contribution is 2.40. The summed E-state index contributed by atoms with van der Waals surface area (Å²) >= 11 is 1.54. The van der Waals surface area contributed by atoms with Crippen LogP contribution in [0.15, 0.2) is 72.8 Å². The van der Waals surface area contributed by atoms with Crippen molar-refractivity contribution in [1.82, 2.24) is 4.98 Å². The Balaban J connectivity index is 2.00. The predicted octanol–water partition coefficient (Wildman–Crippen LogP) is 5.21. The fourth-order valence-electron chi connectivity index (χ4n) is 2.73. The Morgan fingerprint density at radius 3 is 2.36 bits per heavy atom. The second-order valence-corrected chi connectivity index (χ2v) is 6.15. The second kappa shape index (κ2) is 5.28. The number of aromatic nitrogens is 1. The Bertz CT molecular complexity index is 937. The average Bonchev–Trinajstić information content (AvgIpc) is 2.97. The van der Waals surface area contributed by atoms with E-state index in [-0.39, 0.29) is 0 Å². The molecule has 22 heavy (non-hydrogen) atoms. The molecule has 2 N–H and O–H groups in total. The van der Waals surface area contributed by atoms with Crippen molar-refractivity contribution < 1.29 is 0 Å². The minimum atomic E-state index is 0.599. The lowest BCUT2D eigenvalue weighted by atomic mass is 10.0. The third-order valence-electron chi connectivity index (χ3n) is 3.73. The van der Waals surface area contributed by atoms with Gasteiger partial charge in [0.1, 0.15) is 0 Å². The van der Waals surface area contributed by atoms with E-state index in [1.54, 1.807) is 11.3 Å². The number of nitrogens with two attached hydrogens (primary N) is 1. The van der Waals surface area contributed by atoms with Crippen LogP contribution in [0.4, 0.5) is 5.13 Å². The molecule has 0 fully saturated rings. The van der Waals surface area contributed by atoms with Gasteiger partial charge in [-0.2, -0.15) is 0 Å². The number of rotatable bonds is 2. The van der Waals surface area contributed by atoms with Crippen LogP contribution >= 0.6 is 11.3 Å². The molecule has 0 atom stereocenters. The first-order valence-corrected chi connectivity index (χ1v) is 7.94. The normalized spacial score (nSPS) is 10.9. The summed E-state index contributed by atoms with van der Waals surface area (Å²) < 4.78 is 0. The highest BCUT2D eigenvalue weighted by atomic mass is 32.1. The molecule has 0 saturated heterocycles. The van der Waals surface area contributed by atoms with E-state index in [9.17, 15) is 0 Å². The Labute approximate surface area is 132 Å². The maximum Gasteiger partial charge on any atom is 0.181 e. The predicted molar refractivity (Wildman–Crippen MR) is 94.9 cm³/mol. The Morgan fingerprint density at radius 1 is 0.773 bits per heavy atom. The SMILES string of the molecule is Nc1nc(-c2ccccc2)c(-c2cccc3ccccc23)s1. The van der Waals surface area contributed by atoms with Crippen LogP contribution in [-0.2, 0) is 0 Å². The van der Waals surface area contributed by atoms with Crippen molar-refractivity contribution in [2.75, 3.05) is 5.73 Å². The largest absolute Gasteiger partial charge is 0.375 e. The van der Waals surface area contributed by atoms with Crippen molar-refractivity contribution in [3.63, 3.8) is 0 Å². The van der Waals surface area contributed by atoms with Gasteiger partial charge in [0.25, 0.3) is 0 Å². The zero-order valence-electron chi connectivity index (χ0n) is 11.9. The molecular weight excluding hydrogens is 288 g/mol. The van der Waals surface area contributed by atoms with Gasteiger partial charge in [-0.05, 0) is 10.8 Å². The zero-order valence-corrected chi connectivity index (χ0v) is 12.7. The van der Waals surface area contributed by atoms with E-state index in [0.29, 0.717) is 5.13 Å². The van der Waals surface area contributed by atoms with E-state index < -0.39 is 0 Å². The maximum atomic E-state index is 6.01. The quantitative estimate of drug-likeness (QED) is 0.552. The third-order valence-corrected chi connectivity index (χ3v) is 4.64. The summed E-state index contributed by atoms with van der Waals surface area (Å²) in [7, 11) is 0. The van der Waals surface area contributed by atoms with E-state index in [1.165, 1.54) is 16.3 Å². The lowest BCUT2D eigenvalue weighted by Crippen LogP contribution is -1.85. The van der Waals surface area contributed by atoms with Crippen molar-refractivity contribution in [3.8, 4) is 21.7 Å². The van der Waals surface area contributed by atoms with Crippen LogP contribution in [0.25, 0.3) is 32.5 Å². The van der Waals surface area contributed by atoms with Crippen LogP contribution in [-0.4, -0.2) is 4.98 Å². The minimum Gasteiger partial charge on any atom is -0.375 e. The molecule has 4 aromatic rings. The molecule has 3 heteroatoms. The first-order valence-electron chi connectivity index (χ1n) is 7.13. The van der Waals surface area contributed by atoms with Gasteiger partial charge < -0.3 is 5.73 Å². The maximum absolute atomic E-state index is 6.01. The number of anilines is 1. The Morgan fingerprint density at radius 2 is 1.50 bits per heavy atom. The molecule has 3 aromatic carbocycles. The molecule has 106 valence electrons. The van der Waals surface area contributed by atoms with Crippen molar-refractivity contribution in [3.05, 3.63) is 72.8 Å². The van der Waals surface area contributed by atoms with Gasteiger partial charge in [0.2, 0.25) is 0 Å². The van der Waals surface area contributed by atoms with Gasteiger partial charge in [-0.3, -0.25) is 0 Å². The second-order valence-electron chi connectivity index (χ2n) is 5.12. The summed E-state index contributed by atoms with van der Waals surface area (Å²) in [5.41, 5.74) is 9.25. The third kappa shape index (κ3) is 2.16. The zero-order chi connectivity index (χ0) is 14.9. The van der Waals surface area contributed by atoms with Gasteiger partial charge in [0.05, 0.1) is 10.6 Å². The first kappa shape index (κ1) is 13.0. The number of fused-ring (bicyclic) bond motifs is 1. The number of hydrogen-bond acceptors (Lipinski definition) is 3. The van der Waals surface area contributed by atoms with E-state index in [4.69, 9.17) is 5.73 Å². The fraction of sp³-hybridized carbons (Fsp3) is 0. The minimum absolute atomic E-state index is 0.599. The standard InChI is InChI=1S/C19H14N2S/c20-19-21-17(14-8-2-1-3-9-14)18(22-19)16-12-6-10-13-7-4-5-11-15(13)16/h1-12H,(H2,20,21). The molecule has 0 aliphatic carbocycles. The van der Waals surface area contributed by atoms with Crippen molar-refractivity contribution in [2.24, 2.45) is 0 Å². The first-order chi connectivity index (χ1) is 10.8. The average molecular weight is 302 g/mol. The smallest absolute Gasteiger partial charge is 0.181 e. The van der Waals surface area contributed by atoms with Crippen LogP contribution in [0, 0.1) is 0 Å². The van der Waals surface area contributed by atoms with E-state index >= 15 is 0 Å². The molecule has 4 rings (SSSR count). The molecule has 0 bridgehead atoms. The molecule has 0 unspecified atom stereocenters. The topological polar surface area (TPSA) is 38.9 Å². The van der Waals surface area contributed by atoms with Crippen LogP contribution in [0.5, 0.6) is 0 Å². The number of nitrogen functional groups attached to an aromatic ring is 1. The van der Waals surface area contributed by atoms with Crippen molar-refractivity contribution in [2.45, 2.75) is 0 Å². The summed E-state index contributed by atoms with van der Waals surface area (Å²) in [6.07, 6.45) is 0. The number of hydrogen-bond donors (Lipinski definition) is 1. The van der Waals surface area contributed by atoms with Gasteiger partial charge in [-0.1, -0.05) is 84.1 Å². The van der Waals surface area contributed by atoms with E-state index in [1.807, 2.05) is 18.2 Å². The van der Waals surface area contributed by atoms with E-state index in [0.717, 1.165) is 16.1 Å². The summed E-state index contributed by atoms with van der Waals surface area (Å²) in [6.45, 7) is 0. The molecule has 0 spiro atoms. The molecule has 0 saturated carbocycles. The molecular formula is C19H14N2S. The van der Waals surface area contributed by atoms with Gasteiger partial charge >= 0.3 is 0 Å². The van der Waals surface area contributed by atoms with E-state index in [2.05, 4.69) is 59.6 Å². The highest BCUT2D eigenvalue weighted by Gasteiger charge is 2.15. The molecule has 2 nitrogen and oxygen atoms in total. The number of benzene rings is 3. The number of thiazole rings is 1. The van der Waals surface area contributed by atoms with Crippen molar-refractivity contribution in [1.29, 1.82) is 0 Å². The highest BCUT2D eigenvalue weighted by molar-refractivity contribution is 7.19. The summed E-state index contributed by atoms with van der Waals surface area (Å²) in [4.78, 5) is 5.69. The molecule has 1 aromatic heterocycles. The Kier molecular flexibility index (Phi) is 3.13. The van der Waals surface area contributed by atoms with Gasteiger partial charge in [0, 0.05) is 11.1 Å². The van der Waals surface area contributed by atoms with Gasteiger partial charge in [0.15, 0.2) is 5.13 Å². The molecule has 0 amide bonds. The van der Waals surface area contributed by atoms with Gasteiger partial charge in [-0.25, -0.2) is 4.98 Å².